The van der Waals surface area contributed by atoms with Gasteiger partial charge in [-0.05, 0) is 36.9 Å². The van der Waals surface area contributed by atoms with Crippen LogP contribution in [-0.2, 0) is 9.53 Å². The van der Waals surface area contributed by atoms with E-state index in [-0.39, 0.29) is 18.3 Å². The van der Waals surface area contributed by atoms with Crippen LogP contribution in [0.1, 0.15) is 34.1 Å². The first-order valence-corrected chi connectivity index (χ1v) is 8.33. The molecule has 1 aromatic heterocycles. The quantitative estimate of drug-likeness (QED) is 0.648. The normalized spacial score (nSPS) is 11.8. The number of aryl methyl sites for hydroxylation is 1. The summed E-state index contributed by atoms with van der Waals surface area (Å²) in [6, 6.07) is 8.87. The first-order chi connectivity index (χ1) is 11.0. The van der Waals surface area contributed by atoms with Crippen molar-refractivity contribution in [1.29, 1.82) is 0 Å². The number of carbonyl (C=O) groups excluding carboxylic acids is 2. The SMILES string of the molecule is COC(=O)CC(NC(=O)c1ccoc1C)c1ccc(SC)cc1. The molecule has 1 heterocycles. The van der Waals surface area contributed by atoms with Gasteiger partial charge in [0, 0.05) is 4.90 Å². The van der Waals surface area contributed by atoms with Crippen LogP contribution in [0.2, 0.25) is 0 Å². The van der Waals surface area contributed by atoms with Crippen molar-refractivity contribution < 1.29 is 18.7 Å². The Labute approximate surface area is 139 Å². The first kappa shape index (κ1) is 17.1. The van der Waals surface area contributed by atoms with Gasteiger partial charge in [-0.15, -0.1) is 11.8 Å². The number of hydrogen-bond acceptors (Lipinski definition) is 5. The van der Waals surface area contributed by atoms with Gasteiger partial charge in [0.05, 0.1) is 31.4 Å². The number of nitrogens with one attached hydrogen (secondary N) is 1. The molecule has 1 atom stereocenters. The smallest absolute Gasteiger partial charge is 0.307 e. The maximum absolute atomic E-state index is 12.4. The van der Waals surface area contributed by atoms with Gasteiger partial charge in [0.1, 0.15) is 5.76 Å². The fourth-order valence-corrected chi connectivity index (χ4v) is 2.60. The van der Waals surface area contributed by atoms with Gasteiger partial charge in [-0.3, -0.25) is 9.59 Å². The fourth-order valence-electron chi connectivity index (χ4n) is 2.19. The van der Waals surface area contributed by atoms with Crippen LogP contribution in [0.25, 0.3) is 0 Å². The van der Waals surface area contributed by atoms with Crippen LogP contribution >= 0.6 is 11.8 Å². The summed E-state index contributed by atoms with van der Waals surface area (Å²) in [4.78, 5) is 25.1. The van der Waals surface area contributed by atoms with E-state index in [0.29, 0.717) is 11.3 Å². The molecule has 1 unspecified atom stereocenters. The Kier molecular flexibility index (Phi) is 5.87. The molecule has 0 aliphatic rings. The number of benzene rings is 1. The molecule has 0 saturated heterocycles. The minimum absolute atomic E-state index is 0.0672. The number of thioether (sulfide) groups is 1. The molecule has 6 heteroatoms. The summed E-state index contributed by atoms with van der Waals surface area (Å²) < 4.78 is 9.88. The third-order valence-corrected chi connectivity index (χ3v) is 4.27. The maximum atomic E-state index is 12.4. The Balaban J connectivity index is 2.21. The highest BCUT2D eigenvalue weighted by Crippen LogP contribution is 2.22. The zero-order valence-electron chi connectivity index (χ0n) is 13.3. The van der Waals surface area contributed by atoms with E-state index < -0.39 is 6.04 Å². The van der Waals surface area contributed by atoms with Crippen LogP contribution in [0, 0.1) is 6.92 Å². The van der Waals surface area contributed by atoms with Crippen molar-refractivity contribution in [3.63, 3.8) is 0 Å². The Hall–Kier alpha value is -2.21. The highest BCUT2D eigenvalue weighted by atomic mass is 32.2. The van der Waals surface area contributed by atoms with Gasteiger partial charge in [0.15, 0.2) is 0 Å². The molecule has 1 N–H and O–H groups in total. The monoisotopic (exact) mass is 333 g/mol. The molecule has 23 heavy (non-hydrogen) atoms. The molecule has 0 aliphatic heterocycles. The predicted octanol–water partition coefficient (Wildman–Crippen LogP) is 3.34. The molecule has 5 nitrogen and oxygen atoms in total. The van der Waals surface area contributed by atoms with Gasteiger partial charge < -0.3 is 14.5 Å². The van der Waals surface area contributed by atoms with E-state index in [0.717, 1.165) is 10.5 Å². The molecule has 2 aromatic rings. The second-order valence-corrected chi connectivity index (χ2v) is 5.85. The number of methoxy groups -OCH3 is 1. The molecule has 2 rings (SSSR count). The number of esters is 1. The van der Waals surface area contributed by atoms with Crippen LogP contribution < -0.4 is 5.32 Å². The van der Waals surface area contributed by atoms with Crippen LogP contribution in [-0.4, -0.2) is 25.2 Å². The van der Waals surface area contributed by atoms with E-state index in [1.165, 1.54) is 13.4 Å². The average molecular weight is 333 g/mol. The van der Waals surface area contributed by atoms with E-state index in [1.54, 1.807) is 24.8 Å². The lowest BCUT2D eigenvalue weighted by Crippen LogP contribution is -2.30. The zero-order chi connectivity index (χ0) is 16.8. The second kappa shape index (κ2) is 7.87. The van der Waals surface area contributed by atoms with Gasteiger partial charge in [0.25, 0.3) is 5.91 Å². The third-order valence-electron chi connectivity index (χ3n) is 3.53. The Morgan fingerprint density at radius 2 is 1.96 bits per heavy atom. The van der Waals surface area contributed by atoms with Crippen molar-refractivity contribution in [1.82, 2.24) is 5.32 Å². The highest BCUT2D eigenvalue weighted by molar-refractivity contribution is 7.98. The van der Waals surface area contributed by atoms with Crippen LogP contribution in [0.4, 0.5) is 0 Å². The molecule has 0 saturated carbocycles. The molecular weight excluding hydrogens is 314 g/mol. The Morgan fingerprint density at radius 1 is 1.26 bits per heavy atom. The van der Waals surface area contributed by atoms with E-state index in [1.807, 2.05) is 30.5 Å². The molecule has 1 amide bonds. The van der Waals surface area contributed by atoms with Gasteiger partial charge in [-0.25, -0.2) is 0 Å². The predicted molar refractivity (Wildman–Crippen MR) is 88.5 cm³/mol. The minimum atomic E-state index is -0.458. The van der Waals surface area contributed by atoms with Crippen molar-refractivity contribution >= 4 is 23.6 Å². The molecule has 0 fully saturated rings. The van der Waals surface area contributed by atoms with E-state index >= 15 is 0 Å². The van der Waals surface area contributed by atoms with Crippen LogP contribution in [0.15, 0.2) is 45.9 Å². The van der Waals surface area contributed by atoms with Gasteiger partial charge in [-0.1, -0.05) is 12.1 Å². The lowest BCUT2D eigenvalue weighted by atomic mass is 10.0. The van der Waals surface area contributed by atoms with Crippen molar-refractivity contribution in [2.45, 2.75) is 24.3 Å². The number of hydrogen-bond donors (Lipinski definition) is 1. The lowest BCUT2D eigenvalue weighted by molar-refractivity contribution is -0.141. The number of furan rings is 1. The second-order valence-electron chi connectivity index (χ2n) is 4.97. The van der Waals surface area contributed by atoms with Crippen molar-refractivity contribution in [3.8, 4) is 0 Å². The molecule has 0 spiro atoms. The Morgan fingerprint density at radius 3 is 2.48 bits per heavy atom. The topological polar surface area (TPSA) is 68.5 Å². The largest absolute Gasteiger partial charge is 0.469 e. The van der Waals surface area contributed by atoms with Gasteiger partial charge >= 0.3 is 5.97 Å². The Bertz CT molecular complexity index is 678. The fraction of sp³-hybridized carbons (Fsp3) is 0.294. The first-order valence-electron chi connectivity index (χ1n) is 7.11. The molecule has 0 aliphatic carbocycles. The van der Waals surface area contributed by atoms with Gasteiger partial charge in [-0.2, -0.15) is 0 Å². The molecule has 0 bridgehead atoms. The molecule has 1 aromatic carbocycles. The lowest BCUT2D eigenvalue weighted by Gasteiger charge is -2.18. The van der Waals surface area contributed by atoms with Crippen molar-refractivity contribution in [2.24, 2.45) is 0 Å². The number of ether oxygens (including phenoxy) is 1. The average Bonchev–Trinajstić information content (AvgIpc) is 3.00. The molecule has 0 radical (unpaired) electrons. The highest BCUT2D eigenvalue weighted by Gasteiger charge is 2.21. The number of amides is 1. The zero-order valence-corrected chi connectivity index (χ0v) is 14.1. The summed E-state index contributed by atoms with van der Waals surface area (Å²) in [5, 5.41) is 2.87. The van der Waals surface area contributed by atoms with Crippen molar-refractivity contribution in [2.75, 3.05) is 13.4 Å². The molecule has 122 valence electrons. The van der Waals surface area contributed by atoms with Crippen LogP contribution in [0.3, 0.4) is 0 Å². The number of rotatable bonds is 6. The summed E-state index contributed by atoms with van der Waals surface area (Å²) in [6.45, 7) is 1.72. The maximum Gasteiger partial charge on any atom is 0.307 e. The van der Waals surface area contributed by atoms with E-state index in [2.05, 4.69) is 5.32 Å². The van der Waals surface area contributed by atoms with E-state index in [9.17, 15) is 9.59 Å². The van der Waals surface area contributed by atoms with Crippen molar-refractivity contribution in [3.05, 3.63) is 53.5 Å². The number of carbonyl (C=O) groups is 2. The summed E-state index contributed by atoms with van der Waals surface area (Å²) in [5.74, 6) is -0.121. The minimum Gasteiger partial charge on any atom is -0.469 e. The molecular formula is C17H19NO4S. The summed E-state index contributed by atoms with van der Waals surface area (Å²) in [6.07, 6.45) is 3.52. The van der Waals surface area contributed by atoms with E-state index in [4.69, 9.17) is 9.15 Å². The summed E-state index contributed by atoms with van der Waals surface area (Å²) >= 11 is 1.63. The standard InChI is InChI=1S/C17H19NO4S/c1-11-14(8-9-22-11)17(20)18-15(10-16(19)21-2)12-4-6-13(23-3)7-5-12/h4-9,15H,10H2,1-3H3,(H,18,20). The third kappa shape index (κ3) is 4.39. The van der Waals surface area contributed by atoms with Crippen LogP contribution in [0.5, 0.6) is 0 Å². The summed E-state index contributed by atoms with van der Waals surface area (Å²) in [7, 11) is 1.33. The van der Waals surface area contributed by atoms with Gasteiger partial charge in [0.2, 0.25) is 0 Å². The summed E-state index contributed by atoms with van der Waals surface area (Å²) in [5.41, 5.74) is 1.31.